The Balaban J connectivity index is 1.42. The Kier molecular flexibility index (Phi) is 8.31. The van der Waals surface area contributed by atoms with Crippen molar-refractivity contribution in [2.45, 2.75) is 51.7 Å². The number of piperidine rings is 1. The summed E-state index contributed by atoms with van der Waals surface area (Å²) >= 11 is 1.53. The number of carbonyl (C=O) groups is 1. The van der Waals surface area contributed by atoms with Crippen LogP contribution < -0.4 is 14.8 Å². The first-order chi connectivity index (χ1) is 14.2. The first-order valence-electron chi connectivity index (χ1n) is 10.4. The topological polar surface area (TPSA) is 63.7 Å². The third kappa shape index (κ3) is 6.44. The average Bonchev–Trinajstić information content (AvgIpc) is 3.26. The summed E-state index contributed by atoms with van der Waals surface area (Å²) in [5.74, 6) is 1.07. The summed E-state index contributed by atoms with van der Waals surface area (Å²) in [6, 6.07) is 5.96. The summed E-state index contributed by atoms with van der Waals surface area (Å²) in [4.78, 5) is 19.2. The molecule has 2 heterocycles. The molecule has 1 saturated heterocycles. The van der Waals surface area contributed by atoms with Crippen LogP contribution >= 0.6 is 11.3 Å². The minimum Gasteiger partial charge on any atom is -0.493 e. The monoisotopic (exact) mass is 417 g/mol. The van der Waals surface area contributed by atoms with E-state index in [0.717, 1.165) is 25.1 Å². The van der Waals surface area contributed by atoms with Gasteiger partial charge in [0.05, 0.1) is 18.3 Å². The Morgan fingerprint density at radius 3 is 2.97 bits per heavy atom. The molecule has 1 aliphatic rings. The van der Waals surface area contributed by atoms with Gasteiger partial charge in [0.25, 0.3) is 5.91 Å². The Morgan fingerprint density at radius 2 is 2.21 bits per heavy atom. The lowest BCUT2D eigenvalue weighted by atomic mass is 10.0. The SMILES string of the molecule is COc1cc(C(=O)NCCCCN2CCCCC2C)ccc1OCc1cscn1. The molecule has 1 amide bonds. The molecule has 0 radical (unpaired) electrons. The van der Waals surface area contributed by atoms with Gasteiger partial charge in [-0.25, -0.2) is 4.98 Å². The fourth-order valence-corrected chi connectivity index (χ4v) is 4.17. The third-order valence-electron chi connectivity index (χ3n) is 5.38. The number of nitrogens with zero attached hydrogens (tertiary/aromatic N) is 2. The van der Waals surface area contributed by atoms with E-state index in [2.05, 4.69) is 22.1 Å². The number of hydrogen-bond donors (Lipinski definition) is 1. The molecule has 158 valence electrons. The van der Waals surface area contributed by atoms with Crippen molar-refractivity contribution >= 4 is 17.2 Å². The predicted octanol–water partition coefficient (Wildman–Crippen LogP) is 4.12. The maximum atomic E-state index is 12.5. The van der Waals surface area contributed by atoms with Crippen molar-refractivity contribution in [3.63, 3.8) is 0 Å². The number of aromatic nitrogens is 1. The lowest BCUT2D eigenvalue weighted by molar-refractivity contribution is 0.0951. The quantitative estimate of drug-likeness (QED) is 0.589. The van der Waals surface area contributed by atoms with Gasteiger partial charge in [0, 0.05) is 23.5 Å². The number of rotatable bonds is 10. The summed E-state index contributed by atoms with van der Waals surface area (Å²) in [5, 5.41) is 4.96. The zero-order chi connectivity index (χ0) is 20.5. The van der Waals surface area contributed by atoms with Crippen molar-refractivity contribution in [3.05, 3.63) is 40.3 Å². The molecule has 1 unspecified atom stereocenters. The number of methoxy groups -OCH3 is 1. The molecule has 1 N–H and O–H groups in total. The second-order valence-corrected chi connectivity index (χ2v) is 8.20. The fourth-order valence-electron chi connectivity index (χ4n) is 3.62. The Morgan fingerprint density at radius 1 is 1.31 bits per heavy atom. The van der Waals surface area contributed by atoms with Crippen molar-refractivity contribution in [3.8, 4) is 11.5 Å². The molecule has 0 saturated carbocycles. The van der Waals surface area contributed by atoms with Crippen molar-refractivity contribution in [1.29, 1.82) is 0 Å². The molecule has 6 nitrogen and oxygen atoms in total. The van der Waals surface area contributed by atoms with Gasteiger partial charge in [0.1, 0.15) is 6.61 Å². The Bertz CT molecular complexity index is 767. The minimum absolute atomic E-state index is 0.0827. The van der Waals surface area contributed by atoms with E-state index in [-0.39, 0.29) is 5.91 Å². The van der Waals surface area contributed by atoms with Crippen LogP contribution in [0.5, 0.6) is 11.5 Å². The molecular weight excluding hydrogens is 386 g/mol. The van der Waals surface area contributed by atoms with Crippen LogP contribution in [0.4, 0.5) is 0 Å². The highest BCUT2D eigenvalue weighted by Crippen LogP contribution is 2.29. The molecular formula is C22H31N3O3S. The highest BCUT2D eigenvalue weighted by molar-refractivity contribution is 7.07. The van der Waals surface area contributed by atoms with E-state index in [1.807, 2.05) is 5.38 Å². The van der Waals surface area contributed by atoms with Crippen molar-refractivity contribution < 1.29 is 14.3 Å². The van der Waals surface area contributed by atoms with Crippen molar-refractivity contribution in [1.82, 2.24) is 15.2 Å². The fraction of sp³-hybridized carbons (Fsp3) is 0.545. The molecule has 1 fully saturated rings. The van der Waals surface area contributed by atoms with Gasteiger partial charge in [-0.2, -0.15) is 0 Å². The molecule has 7 heteroatoms. The summed E-state index contributed by atoms with van der Waals surface area (Å²) in [6.45, 7) is 5.71. The number of hydrogen-bond acceptors (Lipinski definition) is 6. The lowest BCUT2D eigenvalue weighted by Gasteiger charge is -2.33. The van der Waals surface area contributed by atoms with Gasteiger partial charge in [0.2, 0.25) is 0 Å². The van der Waals surface area contributed by atoms with Gasteiger partial charge in [-0.3, -0.25) is 4.79 Å². The molecule has 1 aromatic heterocycles. The van der Waals surface area contributed by atoms with E-state index in [1.165, 1.54) is 37.1 Å². The smallest absolute Gasteiger partial charge is 0.251 e. The normalized spacial score (nSPS) is 17.1. The number of thiazole rings is 1. The number of benzene rings is 1. The van der Waals surface area contributed by atoms with Gasteiger partial charge < -0.3 is 19.7 Å². The molecule has 3 rings (SSSR count). The van der Waals surface area contributed by atoms with E-state index in [1.54, 1.807) is 30.8 Å². The van der Waals surface area contributed by atoms with Gasteiger partial charge in [-0.1, -0.05) is 6.42 Å². The molecule has 1 aliphatic heterocycles. The molecule has 0 bridgehead atoms. The van der Waals surface area contributed by atoms with Crippen LogP contribution in [-0.4, -0.2) is 48.6 Å². The van der Waals surface area contributed by atoms with Gasteiger partial charge in [-0.05, 0) is 63.9 Å². The Labute approximate surface area is 177 Å². The molecule has 1 aromatic carbocycles. The van der Waals surface area contributed by atoms with Crippen LogP contribution in [-0.2, 0) is 6.61 Å². The number of likely N-dealkylation sites (tertiary alicyclic amines) is 1. The average molecular weight is 418 g/mol. The summed E-state index contributed by atoms with van der Waals surface area (Å²) in [7, 11) is 1.58. The maximum absolute atomic E-state index is 12.5. The van der Waals surface area contributed by atoms with E-state index in [0.29, 0.717) is 36.3 Å². The second kappa shape index (κ2) is 11.2. The van der Waals surface area contributed by atoms with Crippen LogP contribution in [0.2, 0.25) is 0 Å². The first kappa shape index (κ1) is 21.6. The van der Waals surface area contributed by atoms with E-state index >= 15 is 0 Å². The second-order valence-electron chi connectivity index (χ2n) is 7.48. The van der Waals surface area contributed by atoms with Gasteiger partial charge in [0.15, 0.2) is 11.5 Å². The van der Waals surface area contributed by atoms with Crippen molar-refractivity contribution in [2.75, 3.05) is 26.7 Å². The minimum atomic E-state index is -0.0827. The molecule has 2 aromatic rings. The largest absolute Gasteiger partial charge is 0.493 e. The molecule has 29 heavy (non-hydrogen) atoms. The van der Waals surface area contributed by atoms with Crippen LogP contribution in [0.15, 0.2) is 29.1 Å². The number of amides is 1. The van der Waals surface area contributed by atoms with Gasteiger partial charge >= 0.3 is 0 Å². The summed E-state index contributed by atoms with van der Waals surface area (Å²) in [6.07, 6.45) is 6.07. The van der Waals surface area contributed by atoms with Crippen LogP contribution in [0, 0.1) is 0 Å². The predicted molar refractivity (Wildman–Crippen MR) is 116 cm³/mol. The zero-order valence-corrected chi connectivity index (χ0v) is 18.2. The van der Waals surface area contributed by atoms with E-state index in [4.69, 9.17) is 9.47 Å². The molecule has 1 atom stereocenters. The van der Waals surface area contributed by atoms with Crippen molar-refractivity contribution in [2.24, 2.45) is 0 Å². The summed E-state index contributed by atoms with van der Waals surface area (Å²) in [5.41, 5.74) is 3.22. The van der Waals surface area contributed by atoms with Crippen LogP contribution in [0.1, 0.15) is 55.1 Å². The number of nitrogens with one attached hydrogen (secondary N) is 1. The summed E-state index contributed by atoms with van der Waals surface area (Å²) < 4.78 is 11.2. The molecule has 0 spiro atoms. The zero-order valence-electron chi connectivity index (χ0n) is 17.4. The van der Waals surface area contributed by atoms with E-state index < -0.39 is 0 Å². The highest BCUT2D eigenvalue weighted by Gasteiger charge is 2.17. The number of carbonyl (C=O) groups excluding carboxylic acids is 1. The van der Waals surface area contributed by atoms with Crippen LogP contribution in [0.25, 0.3) is 0 Å². The molecule has 0 aliphatic carbocycles. The first-order valence-corrected chi connectivity index (χ1v) is 11.3. The number of unbranched alkanes of at least 4 members (excludes halogenated alkanes) is 1. The highest BCUT2D eigenvalue weighted by atomic mass is 32.1. The lowest BCUT2D eigenvalue weighted by Crippen LogP contribution is -2.38. The third-order valence-corrected chi connectivity index (χ3v) is 6.02. The number of ether oxygens (including phenoxy) is 2. The Hall–Kier alpha value is -2.12. The maximum Gasteiger partial charge on any atom is 0.251 e. The van der Waals surface area contributed by atoms with Crippen LogP contribution in [0.3, 0.4) is 0 Å². The van der Waals surface area contributed by atoms with Gasteiger partial charge in [-0.15, -0.1) is 11.3 Å². The van der Waals surface area contributed by atoms with E-state index in [9.17, 15) is 4.79 Å². The standard InChI is InChI=1S/C22H31N3O3S/c1-17-7-3-5-11-25(17)12-6-4-10-23-22(26)18-8-9-20(21(13-18)27-2)28-14-19-15-29-16-24-19/h8-9,13,15-17H,3-7,10-12,14H2,1-2H3,(H,23,26).